The van der Waals surface area contributed by atoms with Gasteiger partial charge in [-0.2, -0.15) is 15.2 Å². The third-order valence-corrected chi connectivity index (χ3v) is 1.54. The van der Waals surface area contributed by atoms with Crippen molar-refractivity contribution in [1.82, 2.24) is 9.36 Å². The summed E-state index contributed by atoms with van der Waals surface area (Å²) >= 11 is 1.02. The molecule has 1 aromatic rings. The molecule has 13 heavy (non-hydrogen) atoms. The van der Waals surface area contributed by atoms with Crippen molar-refractivity contribution in [2.24, 2.45) is 4.99 Å². The Morgan fingerprint density at radius 3 is 3.08 bits per heavy atom. The van der Waals surface area contributed by atoms with Crippen LogP contribution in [0.15, 0.2) is 4.99 Å². The summed E-state index contributed by atoms with van der Waals surface area (Å²) in [7, 11) is 0. The van der Waals surface area contributed by atoms with Crippen molar-refractivity contribution in [3.63, 3.8) is 0 Å². The average molecular weight is 197 g/mol. The number of hydrogen-bond acceptors (Lipinski definition) is 7. The molecular weight excluding hydrogens is 190 g/mol. The molecule has 0 bridgehead atoms. The zero-order valence-corrected chi connectivity index (χ0v) is 7.71. The van der Waals surface area contributed by atoms with Gasteiger partial charge in [-0.05, 0) is 6.92 Å². The summed E-state index contributed by atoms with van der Waals surface area (Å²) in [4.78, 5) is 7.48. The number of rotatable bonds is 2. The first-order valence-electron chi connectivity index (χ1n) is 3.47. The van der Waals surface area contributed by atoms with Gasteiger partial charge in [0, 0.05) is 11.5 Å². The van der Waals surface area contributed by atoms with Gasteiger partial charge in [0.1, 0.15) is 0 Å². The van der Waals surface area contributed by atoms with Crippen LogP contribution in [0.3, 0.4) is 0 Å². The molecule has 0 radical (unpaired) electrons. The fraction of sp³-hybridized carbons (Fsp3) is 0.333. The highest BCUT2D eigenvalue weighted by Crippen LogP contribution is 2.12. The van der Waals surface area contributed by atoms with E-state index >= 15 is 0 Å². The first-order chi connectivity index (χ1) is 6.26. The van der Waals surface area contributed by atoms with Gasteiger partial charge in [0.2, 0.25) is 5.13 Å². The molecular formula is C6H7N5OS. The Hall–Kier alpha value is -1.68. The van der Waals surface area contributed by atoms with Crippen molar-refractivity contribution in [1.29, 1.82) is 5.26 Å². The first-order valence-corrected chi connectivity index (χ1v) is 4.24. The highest BCUT2D eigenvalue weighted by molar-refractivity contribution is 7.09. The van der Waals surface area contributed by atoms with E-state index < -0.39 is 0 Å². The number of nitrogens with zero attached hydrogens (tertiary/aromatic N) is 4. The lowest BCUT2D eigenvalue weighted by Crippen LogP contribution is -2.00. The minimum absolute atomic E-state index is 0.0553. The topological polar surface area (TPSA) is 97.2 Å². The molecule has 0 fully saturated rings. The summed E-state index contributed by atoms with van der Waals surface area (Å²) in [5, 5.41) is 8.85. The van der Waals surface area contributed by atoms with Crippen LogP contribution in [0.5, 0.6) is 0 Å². The molecule has 0 unspecified atom stereocenters. The predicted octanol–water partition coefficient (Wildman–Crippen LogP) is 0.710. The second-order valence-electron chi connectivity index (χ2n) is 1.89. The van der Waals surface area contributed by atoms with Crippen LogP contribution in [0.1, 0.15) is 6.92 Å². The molecule has 1 heterocycles. The van der Waals surface area contributed by atoms with Crippen molar-refractivity contribution >= 4 is 28.5 Å². The summed E-state index contributed by atoms with van der Waals surface area (Å²) in [5.74, 6) is 0.104. The minimum Gasteiger partial charge on any atom is -0.470 e. The van der Waals surface area contributed by atoms with Crippen molar-refractivity contribution in [2.75, 3.05) is 12.3 Å². The van der Waals surface area contributed by atoms with E-state index in [9.17, 15) is 0 Å². The lowest BCUT2D eigenvalue weighted by Gasteiger charge is -1.94. The molecule has 0 spiro atoms. The second kappa shape index (κ2) is 4.37. The largest absolute Gasteiger partial charge is 0.470 e. The van der Waals surface area contributed by atoms with Crippen LogP contribution in [0.25, 0.3) is 0 Å². The fourth-order valence-corrected chi connectivity index (χ4v) is 0.969. The molecule has 0 aliphatic carbocycles. The minimum atomic E-state index is -0.0553. The maximum absolute atomic E-state index is 8.54. The highest BCUT2D eigenvalue weighted by atomic mass is 32.1. The van der Waals surface area contributed by atoms with Crippen LogP contribution in [0, 0.1) is 11.3 Å². The van der Waals surface area contributed by atoms with E-state index in [1.807, 2.05) is 0 Å². The van der Waals surface area contributed by atoms with E-state index in [4.69, 9.17) is 15.7 Å². The Morgan fingerprint density at radius 1 is 1.85 bits per heavy atom. The normalized spacial score (nSPS) is 10.9. The van der Waals surface area contributed by atoms with E-state index in [0.717, 1.165) is 11.5 Å². The smallest absolute Gasteiger partial charge is 0.298 e. The van der Waals surface area contributed by atoms with E-state index in [-0.39, 0.29) is 11.8 Å². The molecule has 2 N–H and O–H groups in total. The zero-order chi connectivity index (χ0) is 9.68. The fourth-order valence-electron chi connectivity index (χ4n) is 0.589. The van der Waals surface area contributed by atoms with Crippen molar-refractivity contribution < 1.29 is 4.74 Å². The Morgan fingerprint density at radius 2 is 2.62 bits per heavy atom. The van der Waals surface area contributed by atoms with Crippen LogP contribution in [-0.4, -0.2) is 21.9 Å². The number of nitrogen functional groups attached to an aromatic ring is 1. The van der Waals surface area contributed by atoms with Gasteiger partial charge in [-0.3, -0.25) is 0 Å². The van der Waals surface area contributed by atoms with Gasteiger partial charge >= 0.3 is 0 Å². The summed E-state index contributed by atoms with van der Waals surface area (Å²) < 4.78 is 8.65. The molecule has 68 valence electrons. The maximum atomic E-state index is 8.54. The molecule has 0 aromatic carbocycles. The third-order valence-electron chi connectivity index (χ3n) is 1.01. The molecule has 0 amide bonds. The Labute approximate surface area is 78.9 Å². The Balaban J connectivity index is 2.80. The lowest BCUT2D eigenvalue weighted by molar-refractivity contribution is 0.331. The standard InChI is InChI=1S/C6H7N5OS/c1-2-12-4(3-7)9-6-10-5(8)13-11-6/h2H2,1H3,(H2,8,10,11). The number of aliphatic imine (C=N–C) groups is 1. The quantitative estimate of drug-likeness (QED) is 0.556. The van der Waals surface area contributed by atoms with Crippen LogP contribution >= 0.6 is 11.5 Å². The second-order valence-corrected chi connectivity index (χ2v) is 2.68. The first kappa shape index (κ1) is 9.41. The highest BCUT2D eigenvalue weighted by Gasteiger charge is 2.02. The number of anilines is 1. The van der Waals surface area contributed by atoms with Crippen molar-refractivity contribution in [3.05, 3.63) is 0 Å². The van der Waals surface area contributed by atoms with Gasteiger partial charge in [-0.1, -0.05) is 0 Å². The van der Waals surface area contributed by atoms with Crippen LogP contribution in [0.4, 0.5) is 11.1 Å². The molecule has 0 saturated carbocycles. The molecule has 0 aliphatic heterocycles. The van der Waals surface area contributed by atoms with E-state index in [1.165, 1.54) is 0 Å². The van der Waals surface area contributed by atoms with Gasteiger partial charge in [0.15, 0.2) is 6.07 Å². The van der Waals surface area contributed by atoms with Gasteiger partial charge < -0.3 is 10.5 Å². The summed E-state index contributed by atoms with van der Waals surface area (Å²) in [5.41, 5.74) is 5.32. The molecule has 1 rings (SSSR count). The Bertz CT molecular complexity index is 352. The third kappa shape index (κ3) is 2.68. The molecule has 0 atom stereocenters. The monoisotopic (exact) mass is 197 g/mol. The lowest BCUT2D eigenvalue weighted by atomic mass is 10.7. The van der Waals surface area contributed by atoms with Gasteiger partial charge in [-0.15, -0.1) is 4.37 Å². The summed E-state index contributed by atoms with van der Waals surface area (Å²) in [6, 6.07) is 1.77. The SMILES string of the molecule is CCOC(C#N)=Nc1nsc(N)n1. The van der Waals surface area contributed by atoms with Gasteiger partial charge in [-0.25, -0.2) is 0 Å². The molecule has 6 nitrogen and oxygen atoms in total. The van der Waals surface area contributed by atoms with Gasteiger partial charge in [0.25, 0.3) is 11.8 Å². The van der Waals surface area contributed by atoms with Crippen LogP contribution in [-0.2, 0) is 4.74 Å². The average Bonchev–Trinajstić information content (AvgIpc) is 2.50. The van der Waals surface area contributed by atoms with Crippen LogP contribution in [0.2, 0.25) is 0 Å². The number of aromatic nitrogens is 2. The zero-order valence-electron chi connectivity index (χ0n) is 6.89. The predicted molar refractivity (Wildman–Crippen MR) is 48.7 cm³/mol. The summed E-state index contributed by atoms with van der Waals surface area (Å²) in [6.45, 7) is 2.14. The number of nitriles is 1. The molecule has 0 saturated heterocycles. The summed E-state index contributed by atoms with van der Waals surface area (Å²) in [6.07, 6.45) is 0. The van der Waals surface area contributed by atoms with Crippen LogP contribution < -0.4 is 5.73 Å². The van der Waals surface area contributed by atoms with Crippen molar-refractivity contribution in [2.45, 2.75) is 6.92 Å². The Kier molecular flexibility index (Phi) is 3.16. The van der Waals surface area contributed by atoms with E-state index in [2.05, 4.69) is 14.3 Å². The van der Waals surface area contributed by atoms with Gasteiger partial charge in [0.05, 0.1) is 6.61 Å². The van der Waals surface area contributed by atoms with E-state index in [0.29, 0.717) is 11.7 Å². The number of hydrogen-bond donors (Lipinski definition) is 1. The van der Waals surface area contributed by atoms with Crippen molar-refractivity contribution in [3.8, 4) is 6.07 Å². The molecule has 1 aromatic heterocycles. The molecule has 7 heteroatoms. The number of nitrogens with two attached hydrogens (primary N) is 1. The molecule has 0 aliphatic rings. The van der Waals surface area contributed by atoms with E-state index in [1.54, 1.807) is 13.0 Å². The number of ether oxygens (including phenoxy) is 1. The maximum Gasteiger partial charge on any atom is 0.298 e.